The fraction of sp³-hybridized carbons (Fsp3) is 0.143. The third-order valence-electron chi connectivity index (χ3n) is 4.15. The standard InChI is InChI=1S/C21H20ClN3O2/c1-14-5-3-4-6-15(14)12-23-17-8-9-18(24-13-17)21(26)25-19-11-16(22)7-10-20(19)27-2/h3-11,13,23H,12H2,1-2H3,(H,25,26). The number of anilines is 2. The highest BCUT2D eigenvalue weighted by molar-refractivity contribution is 6.31. The molecule has 1 aromatic heterocycles. The van der Waals surface area contributed by atoms with E-state index in [0.29, 0.717) is 28.7 Å². The number of carbonyl (C=O) groups is 1. The van der Waals surface area contributed by atoms with Crippen LogP contribution in [0.25, 0.3) is 0 Å². The average Bonchev–Trinajstić information content (AvgIpc) is 2.68. The van der Waals surface area contributed by atoms with E-state index in [1.807, 2.05) is 18.2 Å². The maximum Gasteiger partial charge on any atom is 0.274 e. The Kier molecular flexibility index (Phi) is 5.94. The van der Waals surface area contributed by atoms with Crippen LogP contribution in [0.3, 0.4) is 0 Å². The van der Waals surface area contributed by atoms with Crippen molar-refractivity contribution in [2.24, 2.45) is 0 Å². The summed E-state index contributed by atoms with van der Waals surface area (Å²) >= 11 is 5.99. The van der Waals surface area contributed by atoms with Gasteiger partial charge in [0.15, 0.2) is 0 Å². The molecule has 0 aliphatic rings. The number of carbonyl (C=O) groups excluding carboxylic acids is 1. The third kappa shape index (κ3) is 4.77. The lowest BCUT2D eigenvalue weighted by Crippen LogP contribution is -2.14. The summed E-state index contributed by atoms with van der Waals surface area (Å²) < 4.78 is 5.24. The van der Waals surface area contributed by atoms with Crippen molar-refractivity contribution in [3.05, 3.63) is 82.6 Å². The Morgan fingerprint density at radius 2 is 1.96 bits per heavy atom. The van der Waals surface area contributed by atoms with Crippen LogP contribution in [0.5, 0.6) is 5.75 Å². The van der Waals surface area contributed by atoms with Crippen LogP contribution < -0.4 is 15.4 Å². The highest BCUT2D eigenvalue weighted by Gasteiger charge is 2.11. The predicted molar refractivity (Wildman–Crippen MR) is 109 cm³/mol. The van der Waals surface area contributed by atoms with Crippen molar-refractivity contribution in [1.82, 2.24) is 4.98 Å². The zero-order valence-electron chi connectivity index (χ0n) is 15.1. The molecule has 0 atom stereocenters. The van der Waals surface area contributed by atoms with E-state index in [-0.39, 0.29) is 5.91 Å². The second kappa shape index (κ2) is 8.56. The smallest absolute Gasteiger partial charge is 0.274 e. The lowest BCUT2D eigenvalue weighted by atomic mass is 10.1. The number of nitrogens with zero attached hydrogens (tertiary/aromatic N) is 1. The molecule has 0 fully saturated rings. The monoisotopic (exact) mass is 381 g/mol. The molecule has 0 saturated carbocycles. The number of aromatic nitrogens is 1. The van der Waals surface area contributed by atoms with Crippen LogP contribution in [-0.2, 0) is 6.54 Å². The number of nitrogens with one attached hydrogen (secondary N) is 2. The lowest BCUT2D eigenvalue weighted by molar-refractivity contribution is 0.102. The van der Waals surface area contributed by atoms with E-state index in [1.165, 1.54) is 18.2 Å². The van der Waals surface area contributed by atoms with Gasteiger partial charge in [-0.3, -0.25) is 4.79 Å². The highest BCUT2D eigenvalue weighted by atomic mass is 35.5. The van der Waals surface area contributed by atoms with Gasteiger partial charge in [-0.05, 0) is 48.4 Å². The Balaban J connectivity index is 1.65. The molecule has 138 valence electrons. The van der Waals surface area contributed by atoms with Crippen molar-refractivity contribution in [3.63, 3.8) is 0 Å². The molecular formula is C21H20ClN3O2. The summed E-state index contributed by atoms with van der Waals surface area (Å²) in [6, 6.07) is 16.7. The van der Waals surface area contributed by atoms with Gasteiger partial charge in [0.2, 0.25) is 0 Å². The van der Waals surface area contributed by atoms with Crippen LogP contribution in [0.1, 0.15) is 21.6 Å². The summed E-state index contributed by atoms with van der Waals surface area (Å²) in [6.07, 6.45) is 1.64. The Labute approximate surface area is 163 Å². The van der Waals surface area contributed by atoms with Gasteiger partial charge >= 0.3 is 0 Å². The van der Waals surface area contributed by atoms with E-state index in [2.05, 4.69) is 34.7 Å². The number of ether oxygens (including phenoxy) is 1. The van der Waals surface area contributed by atoms with Crippen LogP contribution in [0.2, 0.25) is 5.02 Å². The largest absolute Gasteiger partial charge is 0.495 e. The Bertz CT molecular complexity index is 942. The second-order valence-corrected chi connectivity index (χ2v) is 6.45. The molecule has 0 radical (unpaired) electrons. The molecule has 2 aromatic carbocycles. The number of pyridine rings is 1. The molecule has 0 aliphatic heterocycles. The lowest BCUT2D eigenvalue weighted by Gasteiger charge is -2.11. The fourth-order valence-corrected chi connectivity index (χ4v) is 2.77. The van der Waals surface area contributed by atoms with Crippen molar-refractivity contribution in [3.8, 4) is 5.75 Å². The van der Waals surface area contributed by atoms with E-state index < -0.39 is 0 Å². The van der Waals surface area contributed by atoms with E-state index in [9.17, 15) is 4.79 Å². The molecule has 27 heavy (non-hydrogen) atoms. The van der Waals surface area contributed by atoms with Gasteiger partial charge in [-0.15, -0.1) is 0 Å². The van der Waals surface area contributed by atoms with Gasteiger partial charge in [-0.25, -0.2) is 4.98 Å². The zero-order chi connectivity index (χ0) is 19.2. The summed E-state index contributed by atoms with van der Waals surface area (Å²) in [5.41, 5.74) is 4.09. The van der Waals surface area contributed by atoms with Gasteiger partial charge in [-0.2, -0.15) is 0 Å². The Morgan fingerprint density at radius 3 is 2.67 bits per heavy atom. The molecular weight excluding hydrogens is 362 g/mol. The number of hydrogen-bond donors (Lipinski definition) is 2. The molecule has 3 aromatic rings. The minimum absolute atomic E-state index is 0.304. The van der Waals surface area contributed by atoms with Crippen molar-refractivity contribution >= 4 is 28.9 Å². The molecule has 1 heterocycles. The van der Waals surface area contributed by atoms with Crippen LogP contribution in [0.15, 0.2) is 60.8 Å². The molecule has 3 rings (SSSR count). The number of aryl methyl sites for hydroxylation is 1. The molecule has 2 N–H and O–H groups in total. The molecule has 6 heteroatoms. The first-order chi connectivity index (χ1) is 13.1. The number of methoxy groups -OCH3 is 1. The molecule has 0 saturated heterocycles. The quantitative estimate of drug-likeness (QED) is 0.636. The van der Waals surface area contributed by atoms with Crippen LogP contribution in [-0.4, -0.2) is 18.0 Å². The summed E-state index contributed by atoms with van der Waals surface area (Å²) in [5, 5.41) is 6.59. The van der Waals surface area contributed by atoms with Gasteiger partial charge in [0, 0.05) is 11.6 Å². The molecule has 0 bridgehead atoms. The summed E-state index contributed by atoms with van der Waals surface area (Å²) in [6.45, 7) is 2.77. The number of amides is 1. The van der Waals surface area contributed by atoms with Gasteiger partial charge in [0.05, 0.1) is 24.7 Å². The first kappa shape index (κ1) is 18.7. The van der Waals surface area contributed by atoms with E-state index in [0.717, 1.165) is 5.69 Å². The minimum Gasteiger partial charge on any atom is -0.495 e. The zero-order valence-corrected chi connectivity index (χ0v) is 15.9. The summed E-state index contributed by atoms with van der Waals surface area (Å²) in [4.78, 5) is 16.7. The van der Waals surface area contributed by atoms with Gasteiger partial charge in [-0.1, -0.05) is 35.9 Å². The normalized spacial score (nSPS) is 10.3. The number of halogens is 1. The van der Waals surface area contributed by atoms with E-state index in [1.54, 1.807) is 30.5 Å². The first-order valence-corrected chi connectivity index (χ1v) is 8.84. The number of rotatable bonds is 6. The van der Waals surface area contributed by atoms with Crippen LogP contribution in [0.4, 0.5) is 11.4 Å². The number of benzene rings is 2. The SMILES string of the molecule is COc1ccc(Cl)cc1NC(=O)c1ccc(NCc2ccccc2C)cn1. The van der Waals surface area contributed by atoms with Crippen LogP contribution >= 0.6 is 11.6 Å². The molecule has 0 unspecified atom stereocenters. The van der Waals surface area contributed by atoms with Crippen LogP contribution in [0, 0.1) is 6.92 Å². The second-order valence-electron chi connectivity index (χ2n) is 6.01. The first-order valence-electron chi connectivity index (χ1n) is 8.46. The van der Waals surface area contributed by atoms with Crippen molar-refractivity contribution in [1.29, 1.82) is 0 Å². The molecule has 0 aliphatic carbocycles. The summed E-state index contributed by atoms with van der Waals surface area (Å²) in [7, 11) is 1.53. The van der Waals surface area contributed by atoms with E-state index in [4.69, 9.17) is 16.3 Å². The Hall–Kier alpha value is -3.05. The van der Waals surface area contributed by atoms with Gasteiger partial charge in [0.1, 0.15) is 11.4 Å². The van der Waals surface area contributed by atoms with E-state index >= 15 is 0 Å². The highest BCUT2D eigenvalue weighted by Crippen LogP contribution is 2.28. The number of hydrogen-bond acceptors (Lipinski definition) is 4. The van der Waals surface area contributed by atoms with Crippen molar-refractivity contribution in [2.75, 3.05) is 17.7 Å². The third-order valence-corrected chi connectivity index (χ3v) is 4.39. The van der Waals surface area contributed by atoms with Crippen molar-refractivity contribution in [2.45, 2.75) is 13.5 Å². The van der Waals surface area contributed by atoms with Gasteiger partial charge < -0.3 is 15.4 Å². The topological polar surface area (TPSA) is 63.2 Å². The molecule has 0 spiro atoms. The minimum atomic E-state index is -0.332. The predicted octanol–water partition coefficient (Wildman–Crippen LogP) is 4.92. The summed E-state index contributed by atoms with van der Waals surface area (Å²) in [5.74, 6) is 0.199. The maximum atomic E-state index is 12.4. The fourth-order valence-electron chi connectivity index (χ4n) is 2.60. The molecule has 5 nitrogen and oxygen atoms in total. The molecule has 1 amide bonds. The maximum absolute atomic E-state index is 12.4. The average molecular weight is 382 g/mol. The van der Waals surface area contributed by atoms with Crippen molar-refractivity contribution < 1.29 is 9.53 Å². The van der Waals surface area contributed by atoms with Gasteiger partial charge in [0.25, 0.3) is 5.91 Å². The Morgan fingerprint density at radius 1 is 1.15 bits per heavy atom.